The third-order valence-electron chi connectivity index (χ3n) is 3.76. The van der Waals surface area contributed by atoms with Crippen LogP contribution in [0.2, 0.25) is 0 Å². The first-order valence-electron chi connectivity index (χ1n) is 6.97. The standard InChI is InChI=1S/C15H15FN2O4/c16-11-5-1-3-9-7-12(22-13(9)11)14(19)21-8-10-4-2-6-18(10)15(17)20/h1,3,5,7,10H,2,4,6,8H2,(H2,17,20)/t10-/m1/s1. The number of halogens is 1. The molecule has 2 N–H and O–H groups in total. The number of nitrogens with zero attached hydrogens (tertiary/aromatic N) is 1. The number of benzene rings is 1. The summed E-state index contributed by atoms with van der Waals surface area (Å²) in [7, 11) is 0. The van der Waals surface area contributed by atoms with Crippen molar-refractivity contribution < 1.29 is 23.1 Å². The number of urea groups is 1. The number of rotatable bonds is 3. The van der Waals surface area contributed by atoms with Crippen molar-refractivity contribution in [1.29, 1.82) is 0 Å². The number of esters is 1. The Labute approximate surface area is 125 Å². The van der Waals surface area contributed by atoms with Crippen LogP contribution in [0.15, 0.2) is 28.7 Å². The molecule has 0 spiro atoms. The van der Waals surface area contributed by atoms with Crippen LogP contribution in [-0.2, 0) is 4.74 Å². The van der Waals surface area contributed by atoms with E-state index in [1.807, 2.05) is 0 Å². The van der Waals surface area contributed by atoms with Gasteiger partial charge in [0, 0.05) is 11.9 Å². The molecule has 1 fully saturated rings. The molecule has 0 radical (unpaired) electrons. The quantitative estimate of drug-likeness (QED) is 0.881. The minimum Gasteiger partial charge on any atom is -0.458 e. The summed E-state index contributed by atoms with van der Waals surface area (Å²) in [6.45, 7) is 0.606. The summed E-state index contributed by atoms with van der Waals surface area (Å²) in [6.07, 6.45) is 1.55. The number of carbonyl (C=O) groups is 2. The number of nitrogens with two attached hydrogens (primary N) is 1. The zero-order valence-electron chi connectivity index (χ0n) is 11.8. The zero-order valence-corrected chi connectivity index (χ0v) is 11.8. The summed E-state index contributed by atoms with van der Waals surface area (Å²) >= 11 is 0. The van der Waals surface area contributed by atoms with Crippen LogP contribution < -0.4 is 5.73 Å². The number of furan rings is 1. The molecule has 0 bridgehead atoms. The molecule has 1 atom stereocenters. The van der Waals surface area contributed by atoms with Gasteiger partial charge in [0.1, 0.15) is 6.61 Å². The topological polar surface area (TPSA) is 85.8 Å². The highest BCUT2D eigenvalue weighted by Gasteiger charge is 2.28. The van der Waals surface area contributed by atoms with Gasteiger partial charge >= 0.3 is 12.0 Å². The summed E-state index contributed by atoms with van der Waals surface area (Å²) in [5, 5.41) is 0.492. The Bertz CT molecular complexity index is 727. The minimum absolute atomic E-state index is 0.0223. The van der Waals surface area contributed by atoms with E-state index in [-0.39, 0.29) is 24.0 Å². The molecule has 0 aliphatic carbocycles. The van der Waals surface area contributed by atoms with Gasteiger partial charge < -0.3 is 19.8 Å². The van der Waals surface area contributed by atoms with E-state index in [0.717, 1.165) is 12.8 Å². The lowest BCUT2D eigenvalue weighted by Gasteiger charge is -2.21. The molecule has 6 nitrogen and oxygen atoms in total. The van der Waals surface area contributed by atoms with E-state index in [1.54, 1.807) is 6.07 Å². The number of primary amides is 1. The molecule has 0 saturated carbocycles. The van der Waals surface area contributed by atoms with Gasteiger partial charge in [0.2, 0.25) is 5.76 Å². The van der Waals surface area contributed by atoms with Crippen LogP contribution in [0.3, 0.4) is 0 Å². The van der Waals surface area contributed by atoms with E-state index < -0.39 is 17.8 Å². The number of likely N-dealkylation sites (tertiary alicyclic amines) is 1. The maximum atomic E-state index is 13.5. The van der Waals surface area contributed by atoms with Gasteiger partial charge in [0.05, 0.1) is 6.04 Å². The first kappa shape index (κ1) is 14.4. The predicted octanol–water partition coefficient (Wildman–Crippen LogP) is 2.27. The lowest BCUT2D eigenvalue weighted by Crippen LogP contribution is -2.41. The van der Waals surface area contributed by atoms with Gasteiger partial charge in [0.25, 0.3) is 0 Å². The van der Waals surface area contributed by atoms with Gasteiger partial charge in [-0.25, -0.2) is 14.0 Å². The van der Waals surface area contributed by atoms with Crippen LogP contribution in [-0.4, -0.2) is 36.1 Å². The first-order chi connectivity index (χ1) is 10.6. The number of fused-ring (bicyclic) bond motifs is 1. The monoisotopic (exact) mass is 306 g/mol. The van der Waals surface area contributed by atoms with Crippen molar-refractivity contribution in [2.45, 2.75) is 18.9 Å². The molecule has 1 aromatic carbocycles. The summed E-state index contributed by atoms with van der Waals surface area (Å²) in [4.78, 5) is 24.7. The second-order valence-electron chi connectivity index (χ2n) is 5.19. The molecule has 116 valence electrons. The molecule has 2 aromatic rings. The number of hydrogen-bond acceptors (Lipinski definition) is 4. The highest BCUT2D eigenvalue weighted by atomic mass is 19.1. The molecule has 1 aliphatic heterocycles. The van der Waals surface area contributed by atoms with Crippen molar-refractivity contribution in [2.24, 2.45) is 5.73 Å². The largest absolute Gasteiger partial charge is 0.458 e. The molecule has 1 aromatic heterocycles. The Morgan fingerprint density at radius 3 is 3.00 bits per heavy atom. The molecule has 1 saturated heterocycles. The van der Waals surface area contributed by atoms with Gasteiger partial charge in [-0.3, -0.25) is 0 Å². The molecular formula is C15H15FN2O4. The Hall–Kier alpha value is -2.57. The predicted molar refractivity (Wildman–Crippen MR) is 75.8 cm³/mol. The molecule has 22 heavy (non-hydrogen) atoms. The molecule has 1 aliphatic rings. The van der Waals surface area contributed by atoms with E-state index in [9.17, 15) is 14.0 Å². The smallest absolute Gasteiger partial charge is 0.374 e. The van der Waals surface area contributed by atoms with Crippen molar-refractivity contribution >= 4 is 23.0 Å². The average molecular weight is 306 g/mol. The van der Waals surface area contributed by atoms with Gasteiger partial charge in [-0.05, 0) is 25.0 Å². The van der Waals surface area contributed by atoms with Crippen LogP contribution in [0.25, 0.3) is 11.0 Å². The highest BCUT2D eigenvalue weighted by molar-refractivity contribution is 5.92. The van der Waals surface area contributed by atoms with Crippen molar-refractivity contribution in [3.63, 3.8) is 0 Å². The summed E-state index contributed by atoms with van der Waals surface area (Å²) in [5.41, 5.74) is 5.28. The second-order valence-corrected chi connectivity index (χ2v) is 5.19. The minimum atomic E-state index is -0.688. The number of ether oxygens (including phenoxy) is 1. The fourth-order valence-electron chi connectivity index (χ4n) is 2.67. The Balaban J connectivity index is 1.68. The average Bonchev–Trinajstić information content (AvgIpc) is 3.12. The maximum Gasteiger partial charge on any atom is 0.374 e. The van der Waals surface area contributed by atoms with E-state index >= 15 is 0 Å². The van der Waals surface area contributed by atoms with E-state index in [2.05, 4.69) is 0 Å². The Morgan fingerprint density at radius 2 is 2.27 bits per heavy atom. The van der Waals surface area contributed by atoms with Crippen LogP contribution in [0.4, 0.5) is 9.18 Å². The van der Waals surface area contributed by atoms with Crippen molar-refractivity contribution in [1.82, 2.24) is 4.90 Å². The van der Waals surface area contributed by atoms with Gasteiger partial charge in [-0.15, -0.1) is 0 Å². The summed E-state index contributed by atoms with van der Waals surface area (Å²) < 4.78 is 23.9. The van der Waals surface area contributed by atoms with E-state index in [1.165, 1.54) is 23.1 Å². The third-order valence-corrected chi connectivity index (χ3v) is 3.76. The number of hydrogen-bond donors (Lipinski definition) is 1. The van der Waals surface area contributed by atoms with Crippen molar-refractivity contribution in [3.8, 4) is 0 Å². The lowest BCUT2D eigenvalue weighted by molar-refractivity contribution is 0.0389. The van der Waals surface area contributed by atoms with Crippen LogP contribution in [0.1, 0.15) is 23.4 Å². The molecule has 2 heterocycles. The molecular weight excluding hydrogens is 291 g/mol. The maximum absolute atomic E-state index is 13.5. The zero-order chi connectivity index (χ0) is 15.7. The highest BCUT2D eigenvalue weighted by Crippen LogP contribution is 2.23. The number of carbonyl (C=O) groups excluding carboxylic acids is 2. The fourth-order valence-corrected chi connectivity index (χ4v) is 2.67. The summed E-state index contributed by atoms with van der Waals surface area (Å²) in [6, 6.07) is 5.12. The van der Waals surface area contributed by atoms with E-state index in [0.29, 0.717) is 11.9 Å². The normalized spacial score (nSPS) is 17.9. The molecule has 3 rings (SSSR count). The third kappa shape index (κ3) is 2.61. The molecule has 7 heteroatoms. The van der Waals surface area contributed by atoms with Crippen LogP contribution >= 0.6 is 0 Å². The van der Waals surface area contributed by atoms with Gasteiger partial charge in [0.15, 0.2) is 11.4 Å². The van der Waals surface area contributed by atoms with Crippen molar-refractivity contribution in [3.05, 3.63) is 35.8 Å². The Morgan fingerprint density at radius 1 is 1.45 bits per heavy atom. The Kier molecular flexibility index (Phi) is 3.70. The van der Waals surface area contributed by atoms with Gasteiger partial charge in [-0.1, -0.05) is 12.1 Å². The molecule has 2 amide bonds. The van der Waals surface area contributed by atoms with Gasteiger partial charge in [-0.2, -0.15) is 0 Å². The van der Waals surface area contributed by atoms with Crippen LogP contribution in [0, 0.1) is 5.82 Å². The number of para-hydroxylation sites is 1. The first-order valence-corrected chi connectivity index (χ1v) is 6.97. The lowest BCUT2D eigenvalue weighted by atomic mass is 10.2. The van der Waals surface area contributed by atoms with E-state index in [4.69, 9.17) is 14.9 Å². The number of amides is 2. The summed E-state index contributed by atoms with van der Waals surface area (Å²) in [5.74, 6) is -1.29. The fraction of sp³-hybridized carbons (Fsp3) is 0.333. The SMILES string of the molecule is NC(=O)N1CCC[C@@H]1COC(=O)c1cc2cccc(F)c2o1. The van der Waals surface area contributed by atoms with Crippen molar-refractivity contribution in [2.75, 3.05) is 13.2 Å². The molecule has 0 unspecified atom stereocenters. The second kappa shape index (κ2) is 5.67. The van der Waals surface area contributed by atoms with Crippen LogP contribution in [0.5, 0.6) is 0 Å².